The van der Waals surface area contributed by atoms with Gasteiger partial charge in [0.1, 0.15) is 34.0 Å². The van der Waals surface area contributed by atoms with Gasteiger partial charge in [-0.25, -0.2) is 28.8 Å². The van der Waals surface area contributed by atoms with E-state index in [1.54, 1.807) is 164 Å². The lowest BCUT2D eigenvalue weighted by atomic mass is 10.2. The first-order valence-electron chi connectivity index (χ1n) is 29.6. The van der Waals surface area contributed by atoms with Gasteiger partial charge in [-0.2, -0.15) is 0 Å². The minimum absolute atomic E-state index is 0.337. The number of rotatable bonds is 12. The molecule has 0 aliphatic rings. The van der Waals surface area contributed by atoms with Crippen molar-refractivity contribution in [2.45, 2.75) is 41.5 Å². The number of hydrogen-bond donors (Lipinski definition) is 0. The van der Waals surface area contributed by atoms with Crippen LogP contribution in [-0.2, 0) is 28.8 Å². The van der Waals surface area contributed by atoms with E-state index in [9.17, 15) is 28.8 Å². The number of benzene rings is 6. The minimum Gasteiger partial charge on any atom is -0.423 e. The van der Waals surface area contributed by atoms with E-state index in [2.05, 4.69) is 69.4 Å². The highest BCUT2D eigenvalue weighted by Gasteiger charge is 2.15. The van der Waals surface area contributed by atoms with E-state index in [-0.39, 0.29) is 0 Å². The molecule has 0 saturated heterocycles. The zero-order valence-electron chi connectivity index (χ0n) is 54.2. The van der Waals surface area contributed by atoms with Crippen molar-refractivity contribution in [2.24, 2.45) is 0 Å². The summed E-state index contributed by atoms with van der Waals surface area (Å²) in [6.07, 6.45) is 9.90. The molecule has 492 valence electrons. The maximum absolute atomic E-state index is 11.5. The summed E-state index contributed by atoms with van der Waals surface area (Å²) in [5.41, 5.74) is 6.59. The third-order valence-corrected chi connectivity index (χ3v) is 13.6. The predicted molar refractivity (Wildman–Crippen MR) is 383 cm³/mol. The van der Waals surface area contributed by atoms with Gasteiger partial charge in [-0.15, -0.1) is 0 Å². The fraction of sp³-hybridized carbons (Fsp3) is 0.0769. The van der Waals surface area contributed by atoms with Crippen LogP contribution in [0, 0.1) is 0 Å². The first-order chi connectivity index (χ1) is 46.9. The van der Waals surface area contributed by atoms with Gasteiger partial charge in [-0.3, -0.25) is 29.9 Å². The Morgan fingerprint density at radius 1 is 0.296 bits per heavy atom. The van der Waals surface area contributed by atoms with Crippen LogP contribution in [0.1, 0.15) is 41.5 Å². The van der Waals surface area contributed by atoms with Gasteiger partial charge < -0.3 is 28.4 Å². The zero-order chi connectivity index (χ0) is 71.0. The summed E-state index contributed by atoms with van der Waals surface area (Å²) in [7, 11) is 0. The predicted octanol–water partition coefficient (Wildman–Crippen LogP) is 17.6. The Morgan fingerprint density at radius 2 is 0.684 bits per heavy atom. The normalized spacial score (nSPS) is 10.1. The lowest BCUT2D eigenvalue weighted by Gasteiger charge is -2.07. The molecule has 0 bridgehead atoms. The lowest BCUT2D eigenvalue weighted by Crippen LogP contribution is -2.08. The van der Waals surface area contributed by atoms with Crippen LogP contribution in [0.5, 0.6) is 34.5 Å². The molecule has 98 heavy (non-hydrogen) atoms. The van der Waals surface area contributed by atoms with E-state index in [0.717, 1.165) is 48.9 Å². The van der Waals surface area contributed by atoms with Crippen molar-refractivity contribution in [3.05, 3.63) is 290 Å². The average molecular weight is 1350 g/mol. The second-order valence-corrected chi connectivity index (χ2v) is 22.1. The van der Waals surface area contributed by atoms with E-state index < -0.39 is 35.8 Å². The van der Waals surface area contributed by atoms with Crippen molar-refractivity contribution in [2.75, 3.05) is 0 Å². The summed E-state index contributed by atoms with van der Waals surface area (Å²) in [6.45, 7) is 30.9. The van der Waals surface area contributed by atoms with Gasteiger partial charge in [-0.05, 0) is 169 Å². The van der Waals surface area contributed by atoms with Gasteiger partial charge in [-0.1, -0.05) is 105 Å². The molecular formula is C78H64Cl2N6O12. The molecule has 0 N–H and O–H groups in total. The highest BCUT2D eigenvalue weighted by molar-refractivity contribution is 6.35. The number of nitrogens with zero attached hydrogens (tertiary/aromatic N) is 6. The first-order valence-corrected chi connectivity index (χ1v) is 30.3. The van der Waals surface area contributed by atoms with Crippen LogP contribution >= 0.6 is 23.2 Å². The van der Waals surface area contributed by atoms with E-state index in [1.807, 2.05) is 84.9 Å². The number of hydrogen-bond acceptors (Lipinski definition) is 18. The molecule has 0 amide bonds. The molecule has 0 aliphatic carbocycles. The van der Waals surface area contributed by atoms with Crippen LogP contribution in [0.25, 0.3) is 65.4 Å². The molecule has 0 atom stereocenters. The van der Waals surface area contributed by atoms with Crippen molar-refractivity contribution in [1.82, 2.24) is 29.9 Å². The summed E-state index contributed by atoms with van der Waals surface area (Å²) in [4.78, 5) is 93.5. The Morgan fingerprint density at radius 3 is 1.26 bits per heavy atom. The van der Waals surface area contributed by atoms with E-state index >= 15 is 0 Å². The number of aromatic nitrogens is 6. The average Bonchev–Trinajstić information content (AvgIpc) is 0.843. The molecule has 0 saturated carbocycles. The number of para-hydroxylation sites is 2. The maximum atomic E-state index is 11.5. The van der Waals surface area contributed by atoms with Gasteiger partial charge in [0.05, 0.1) is 27.1 Å². The Balaban J connectivity index is 0.000000166. The number of ether oxygens (including phenoxy) is 6. The maximum Gasteiger partial charge on any atom is 0.338 e. The molecule has 0 spiro atoms. The largest absolute Gasteiger partial charge is 0.423 e. The van der Waals surface area contributed by atoms with E-state index in [4.69, 9.17) is 51.6 Å². The standard InChI is InChI=1S/2C13H10ClNO2.4C13H11NO2/c1-8(2)13(16)17-12-5-6-15-11-7-9(14)3-4-10(11)12;1-8(2)13(16)17-11-6-5-10(14)9-4-3-7-15-12(9)11;1-9(2)13(15)16-12-7-3-6-11-10(12)5-4-8-14-11;1-9(2)13(15)16-11-7-3-5-10-6-4-8-14-12(10)11;1-9(2)13(15)16-11-5-6-12-10(8-11)4-3-7-14-12;1-9(2)13(15)16-12-7-8-14-11-6-4-3-5-10(11)12/h2*3-7H,1H2,2H3;4*3-8H,1H2,2H3. The van der Waals surface area contributed by atoms with Crippen LogP contribution in [-0.4, -0.2) is 65.7 Å². The minimum atomic E-state index is -0.473. The first kappa shape index (κ1) is 73.0. The second-order valence-electron chi connectivity index (χ2n) is 21.3. The molecule has 12 rings (SSSR count). The van der Waals surface area contributed by atoms with Gasteiger partial charge in [0.2, 0.25) is 0 Å². The monoisotopic (exact) mass is 1350 g/mol. The number of halogens is 2. The fourth-order valence-electron chi connectivity index (χ4n) is 8.11. The molecule has 0 aliphatic heterocycles. The molecular weight excluding hydrogens is 1280 g/mol. The highest BCUT2D eigenvalue weighted by atomic mass is 35.5. The van der Waals surface area contributed by atoms with Crippen molar-refractivity contribution in [3.8, 4) is 34.5 Å². The Labute approximate surface area is 574 Å². The number of carbonyl (C=O) groups excluding carboxylic acids is 6. The summed E-state index contributed by atoms with van der Waals surface area (Å²) in [6, 6.07) is 50.3. The summed E-state index contributed by atoms with van der Waals surface area (Å²) in [5.74, 6) is 0.232. The van der Waals surface area contributed by atoms with Crippen molar-refractivity contribution >= 4 is 124 Å². The Hall–Kier alpha value is -12.4. The highest BCUT2D eigenvalue weighted by Crippen LogP contribution is 2.32. The van der Waals surface area contributed by atoms with Crippen molar-refractivity contribution < 1.29 is 57.2 Å². The quantitative estimate of drug-likeness (QED) is 0.0628. The number of esters is 6. The molecule has 6 aromatic carbocycles. The number of pyridine rings is 6. The fourth-order valence-corrected chi connectivity index (χ4v) is 8.49. The molecule has 12 aromatic rings. The molecule has 0 radical (unpaired) electrons. The number of fused-ring (bicyclic) bond motifs is 6. The van der Waals surface area contributed by atoms with Crippen molar-refractivity contribution in [3.63, 3.8) is 0 Å². The van der Waals surface area contributed by atoms with Crippen LogP contribution in [0.3, 0.4) is 0 Å². The smallest absolute Gasteiger partial charge is 0.338 e. The van der Waals surface area contributed by atoms with Crippen LogP contribution in [0.15, 0.2) is 280 Å². The Bertz CT molecular complexity index is 4820. The molecule has 20 heteroatoms. The van der Waals surface area contributed by atoms with Gasteiger partial charge in [0.15, 0.2) is 11.5 Å². The Kier molecular flexibility index (Phi) is 26.2. The molecule has 6 aromatic heterocycles. The van der Waals surface area contributed by atoms with Crippen LogP contribution in [0.4, 0.5) is 0 Å². The SMILES string of the molecule is C=C(C)C(=O)Oc1ccc(Cl)c2cccnc12.C=C(C)C(=O)Oc1ccc2ncccc2c1.C=C(C)C(=O)Oc1cccc2cccnc12.C=C(C)C(=O)Oc1cccc2ncccc12.C=C(C)C(=O)Oc1ccnc2cc(Cl)ccc12.C=C(C)C(=O)Oc1ccnc2ccccc12. The molecule has 0 unspecified atom stereocenters. The summed E-state index contributed by atoms with van der Waals surface area (Å²) < 4.78 is 31.1. The molecule has 6 heterocycles. The molecule has 0 fully saturated rings. The van der Waals surface area contributed by atoms with Gasteiger partial charge in [0, 0.05) is 108 Å². The third kappa shape index (κ3) is 20.8. The zero-order valence-corrected chi connectivity index (χ0v) is 55.7. The van der Waals surface area contributed by atoms with Gasteiger partial charge in [0.25, 0.3) is 0 Å². The van der Waals surface area contributed by atoms with Gasteiger partial charge >= 0.3 is 35.8 Å². The topological polar surface area (TPSA) is 235 Å². The summed E-state index contributed by atoms with van der Waals surface area (Å²) >= 11 is 11.9. The van der Waals surface area contributed by atoms with Crippen LogP contribution in [0.2, 0.25) is 10.0 Å². The molecule has 18 nitrogen and oxygen atoms in total. The second kappa shape index (κ2) is 35.2. The van der Waals surface area contributed by atoms with Crippen LogP contribution < -0.4 is 28.4 Å². The van der Waals surface area contributed by atoms with E-state index in [1.165, 1.54) is 0 Å². The summed E-state index contributed by atoms with van der Waals surface area (Å²) in [5, 5.41) is 6.17. The van der Waals surface area contributed by atoms with E-state index in [0.29, 0.717) is 94.5 Å². The third-order valence-electron chi connectivity index (χ3n) is 13.0. The van der Waals surface area contributed by atoms with Crippen molar-refractivity contribution in [1.29, 1.82) is 0 Å². The number of carbonyl (C=O) groups is 6. The lowest BCUT2D eigenvalue weighted by molar-refractivity contribution is -0.130.